The van der Waals surface area contributed by atoms with Gasteiger partial charge in [-0.05, 0) is 12.1 Å². The largest absolute Gasteiger partial charge is 0.417 e. The highest BCUT2D eigenvalue weighted by molar-refractivity contribution is 5.91. The molecule has 5 nitrogen and oxygen atoms in total. The Kier molecular flexibility index (Phi) is 4.01. The van der Waals surface area contributed by atoms with Crippen molar-refractivity contribution < 1.29 is 9.53 Å². The summed E-state index contributed by atoms with van der Waals surface area (Å²) in [6.07, 6.45) is 0. The summed E-state index contributed by atoms with van der Waals surface area (Å²) in [6, 6.07) is 19.4. The first kappa shape index (κ1) is 14.7. The molecule has 1 heterocycles. The fraction of sp³-hybridized carbons (Fsp3) is 0.0556. The Morgan fingerprint density at radius 2 is 1.61 bits per heavy atom. The molecule has 0 unspecified atom stereocenters. The minimum Gasteiger partial charge on any atom is -0.417 e. The van der Waals surface area contributed by atoms with Crippen LogP contribution in [0.4, 0.5) is 0 Å². The second kappa shape index (κ2) is 6.27. The Labute approximate surface area is 132 Å². The second-order valence-corrected chi connectivity index (χ2v) is 4.94. The van der Waals surface area contributed by atoms with Gasteiger partial charge in [-0.2, -0.15) is 5.10 Å². The van der Waals surface area contributed by atoms with E-state index in [4.69, 9.17) is 4.74 Å². The molecule has 0 aliphatic heterocycles. The first-order valence-corrected chi connectivity index (χ1v) is 7.06. The van der Waals surface area contributed by atoms with Crippen molar-refractivity contribution in [2.24, 2.45) is 7.05 Å². The number of aryl methyl sites for hydroxylation is 1. The van der Waals surface area contributed by atoms with E-state index in [1.807, 2.05) is 30.3 Å². The number of hydrogen-bond acceptors (Lipinski definition) is 4. The molecule has 0 aliphatic carbocycles. The zero-order valence-electron chi connectivity index (χ0n) is 12.5. The number of rotatable bonds is 3. The Balaban J connectivity index is 1.98. The summed E-state index contributed by atoms with van der Waals surface area (Å²) in [4.78, 5) is 24.3. The summed E-state index contributed by atoms with van der Waals surface area (Å²) in [5, 5.41) is 4.20. The van der Waals surface area contributed by atoms with Crippen molar-refractivity contribution in [3.05, 3.63) is 82.6 Å². The van der Waals surface area contributed by atoms with Crippen molar-refractivity contribution >= 4 is 5.97 Å². The molecule has 0 atom stereocenters. The van der Waals surface area contributed by atoms with E-state index in [2.05, 4.69) is 5.10 Å². The van der Waals surface area contributed by atoms with Crippen LogP contribution in [0.15, 0.2) is 71.5 Å². The molecule has 5 heteroatoms. The molecule has 0 aliphatic rings. The van der Waals surface area contributed by atoms with Crippen LogP contribution in [0.3, 0.4) is 0 Å². The van der Waals surface area contributed by atoms with Crippen LogP contribution in [-0.2, 0) is 7.05 Å². The van der Waals surface area contributed by atoms with Gasteiger partial charge in [-0.15, -0.1) is 0 Å². The monoisotopic (exact) mass is 306 g/mol. The standard InChI is InChI=1S/C18H14N2O3/c1-20-17(21)16(23-18(22)14-10-6-3-7-11-14)12-15(19-20)13-8-4-2-5-9-13/h2-12H,1H3. The number of carbonyl (C=O) groups excluding carboxylic acids is 1. The van der Waals surface area contributed by atoms with Crippen LogP contribution in [0.25, 0.3) is 11.3 Å². The maximum atomic E-state index is 12.1. The van der Waals surface area contributed by atoms with Crippen molar-refractivity contribution in [3.63, 3.8) is 0 Å². The van der Waals surface area contributed by atoms with Gasteiger partial charge in [-0.1, -0.05) is 48.5 Å². The zero-order chi connectivity index (χ0) is 16.2. The number of ether oxygens (including phenoxy) is 1. The lowest BCUT2D eigenvalue weighted by atomic mass is 10.1. The highest BCUT2D eigenvalue weighted by Gasteiger charge is 2.14. The quantitative estimate of drug-likeness (QED) is 0.698. The molecule has 0 spiro atoms. The van der Waals surface area contributed by atoms with Crippen LogP contribution in [-0.4, -0.2) is 15.7 Å². The summed E-state index contributed by atoms with van der Waals surface area (Å²) < 4.78 is 6.42. The van der Waals surface area contributed by atoms with Gasteiger partial charge in [0.05, 0.1) is 11.3 Å². The average Bonchev–Trinajstić information content (AvgIpc) is 2.60. The van der Waals surface area contributed by atoms with E-state index in [9.17, 15) is 9.59 Å². The fourth-order valence-electron chi connectivity index (χ4n) is 2.14. The molecule has 0 saturated carbocycles. The summed E-state index contributed by atoms with van der Waals surface area (Å²) in [5.74, 6) is -0.622. The van der Waals surface area contributed by atoms with Crippen LogP contribution in [0.1, 0.15) is 10.4 Å². The number of hydrogen-bond donors (Lipinski definition) is 0. The lowest BCUT2D eigenvalue weighted by Gasteiger charge is -2.08. The Bertz CT molecular complexity index is 887. The average molecular weight is 306 g/mol. The third-order valence-electron chi connectivity index (χ3n) is 3.31. The normalized spacial score (nSPS) is 10.3. The molecule has 1 aromatic heterocycles. The van der Waals surface area contributed by atoms with E-state index in [1.54, 1.807) is 30.3 Å². The molecular weight excluding hydrogens is 292 g/mol. The van der Waals surface area contributed by atoms with Gasteiger partial charge in [0.2, 0.25) is 0 Å². The molecule has 2 aromatic carbocycles. The van der Waals surface area contributed by atoms with Crippen molar-refractivity contribution in [1.82, 2.24) is 9.78 Å². The highest BCUT2D eigenvalue weighted by Crippen LogP contribution is 2.19. The molecule has 0 radical (unpaired) electrons. The molecule has 0 fully saturated rings. The molecule has 0 amide bonds. The summed E-state index contributed by atoms with van der Waals surface area (Å²) >= 11 is 0. The van der Waals surface area contributed by atoms with Crippen LogP contribution < -0.4 is 10.3 Å². The minimum atomic E-state index is -0.576. The SMILES string of the molecule is Cn1nc(-c2ccccc2)cc(OC(=O)c2ccccc2)c1=O. The van der Waals surface area contributed by atoms with E-state index in [1.165, 1.54) is 13.1 Å². The number of esters is 1. The van der Waals surface area contributed by atoms with Gasteiger partial charge in [-0.25, -0.2) is 9.48 Å². The number of carbonyl (C=O) groups is 1. The summed E-state index contributed by atoms with van der Waals surface area (Å²) in [7, 11) is 1.52. The third kappa shape index (κ3) is 3.18. The van der Waals surface area contributed by atoms with Crippen LogP contribution >= 0.6 is 0 Å². The maximum Gasteiger partial charge on any atom is 0.343 e. The van der Waals surface area contributed by atoms with Crippen molar-refractivity contribution in [2.75, 3.05) is 0 Å². The van der Waals surface area contributed by atoms with Gasteiger partial charge in [0.15, 0.2) is 5.75 Å². The predicted molar refractivity (Wildman–Crippen MR) is 86.3 cm³/mol. The topological polar surface area (TPSA) is 61.2 Å². The van der Waals surface area contributed by atoms with Crippen molar-refractivity contribution in [3.8, 4) is 17.0 Å². The van der Waals surface area contributed by atoms with Crippen LogP contribution in [0.2, 0.25) is 0 Å². The first-order chi connectivity index (χ1) is 11.1. The maximum absolute atomic E-state index is 12.1. The predicted octanol–water partition coefficient (Wildman–Crippen LogP) is 2.67. The van der Waals surface area contributed by atoms with Crippen molar-refractivity contribution in [2.45, 2.75) is 0 Å². The van der Waals surface area contributed by atoms with E-state index >= 15 is 0 Å². The number of benzene rings is 2. The molecule has 0 saturated heterocycles. The number of aromatic nitrogens is 2. The van der Waals surface area contributed by atoms with Crippen LogP contribution in [0, 0.1) is 0 Å². The smallest absolute Gasteiger partial charge is 0.343 e. The summed E-state index contributed by atoms with van der Waals surface area (Å²) in [6.45, 7) is 0. The van der Waals surface area contributed by atoms with Gasteiger partial charge >= 0.3 is 11.5 Å². The lowest BCUT2D eigenvalue weighted by molar-refractivity contribution is 0.0731. The van der Waals surface area contributed by atoms with Crippen molar-refractivity contribution in [1.29, 1.82) is 0 Å². The van der Waals surface area contributed by atoms with Gasteiger partial charge in [0.1, 0.15) is 0 Å². The molecule has 3 rings (SSSR count). The van der Waals surface area contributed by atoms with E-state index in [0.29, 0.717) is 11.3 Å². The molecule has 23 heavy (non-hydrogen) atoms. The van der Waals surface area contributed by atoms with Gasteiger partial charge in [0.25, 0.3) is 0 Å². The third-order valence-corrected chi connectivity index (χ3v) is 3.31. The Morgan fingerprint density at radius 3 is 2.26 bits per heavy atom. The summed E-state index contributed by atoms with van der Waals surface area (Å²) in [5.41, 5.74) is 1.31. The van der Waals surface area contributed by atoms with Gasteiger partial charge < -0.3 is 4.74 Å². The highest BCUT2D eigenvalue weighted by atomic mass is 16.5. The first-order valence-electron chi connectivity index (χ1n) is 7.06. The van der Waals surface area contributed by atoms with Crippen LogP contribution in [0.5, 0.6) is 5.75 Å². The van der Waals surface area contributed by atoms with E-state index in [0.717, 1.165) is 10.2 Å². The fourth-order valence-corrected chi connectivity index (χ4v) is 2.14. The molecule has 114 valence electrons. The van der Waals surface area contributed by atoms with E-state index in [-0.39, 0.29) is 5.75 Å². The lowest BCUT2D eigenvalue weighted by Crippen LogP contribution is -2.24. The van der Waals surface area contributed by atoms with Gasteiger partial charge in [0, 0.05) is 18.7 Å². The Hall–Kier alpha value is -3.21. The minimum absolute atomic E-state index is 0.0461. The zero-order valence-corrected chi connectivity index (χ0v) is 12.5. The molecular formula is C18H14N2O3. The molecule has 0 N–H and O–H groups in total. The van der Waals surface area contributed by atoms with E-state index < -0.39 is 11.5 Å². The van der Waals surface area contributed by atoms with Gasteiger partial charge in [-0.3, -0.25) is 4.79 Å². The number of nitrogens with zero attached hydrogens (tertiary/aromatic N) is 2. The molecule has 3 aromatic rings. The molecule has 0 bridgehead atoms. The second-order valence-electron chi connectivity index (χ2n) is 4.94. The Morgan fingerprint density at radius 1 is 1.00 bits per heavy atom.